The summed E-state index contributed by atoms with van der Waals surface area (Å²) < 4.78 is 24.6. The number of benzene rings is 1. The molecule has 2 aromatic rings. The molecular formula is C20H16ClNO4. The van der Waals surface area contributed by atoms with Gasteiger partial charge in [-0.1, -0.05) is 12.2 Å². The predicted octanol–water partition coefficient (Wildman–Crippen LogP) is -0.0907. The Morgan fingerprint density at radius 2 is 1.77 bits per heavy atom. The Morgan fingerprint density at radius 3 is 2.65 bits per heavy atom. The van der Waals surface area contributed by atoms with Crippen LogP contribution in [0.2, 0.25) is 0 Å². The van der Waals surface area contributed by atoms with Gasteiger partial charge in [-0.2, -0.15) is 0 Å². The second-order valence-electron chi connectivity index (χ2n) is 6.73. The van der Waals surface area contributed by atoms with Gasteiger partial charge in [0, 0.05) is 11.3 Å². The Morgan fingerprint density at radius 1 is 0.962 bits per heavy atom. The second kappa shape index (κ2) is 5.42. The van der Waals surface area contributed by atoms with Crippen molar-refractivity contribution in [3.63, 3.8) is 0 Å². The van der Waals surface area contributed by atoms with Gasteiger partial charge in [0.2, 0.25) is 13.6 Å². The molecule has 1 fully saturated rings. The van der Waals surface area contributed by atoms with Crippen molar-refractivity contribution in [3.05, 3.63) is 59.3 Å². The zero-order valence-corrected chi connectivity index (χ0v) is 14.8. The highest BCUT2D eigenvalue weighted by Crippen LogP contribution is 2.46. The van der Waals surface area contributed by atoms with Crippen LogP contribution >= 0.6 is 0 Å². The highest BCUT2D eigenvalue weighted by molar-refractivity contribution is 5.96. The highest BCUT2D eigenvalue weighted by Gasteiger charge is 2.38. The Kier molecular flexibility index (Phi) is 3.25. The summed E-state index contributed by atoms with van der Waals surface area (Å²) in [7, 11) is 2.09. The largest absolute Gasteiger partial charge is 1.00 e. The lowest BCUT2D eigenvalue weighted by Crippen LogP contribution is -3.00. The summed E-state index contributed by atoms with van der Waals surface area (Å²) in [6.07, 6.45) is 11.0. The maximum absolute atomic E-state index is 5.70. The first kappa shape index (κ1) is 15.6. The molecule has 2 atom stereocenters. The van der Waals surface area contributed by atoms with Gasteiger partial charge in [-0.25, -0.2) is 4.57 Å². The number of halogens is 1. The van der Waals surface area contributed by atoms with Gasteiger partial charge in [0.1, 0.15) is 7.05 Å². The van der Waals surface area contributed by atoms with Gasteiger partial charge in [0.25, 0.3) is 0 Å². The first-order valence-corrected chi connectivity index (χ1v) is 8.42. The molecule has 1 aromatic carbocycles. The molecule has 0 spiro atoms. The predicted molar refractivity (Wildman–Crippen MR) is 89.7 cm³/mol. The first-order valence-electron chi connectivity index (χ1n) is 8.42. The first-order chi connectivity index (χ1) is 12.3. The Hall–Kier alpha value is -2.66. The lowest BCUT2D eigenvalue weighted by atomic mass is 9.78. The topological polar surface area (TPSA) is 40.8 Å². The minimum Gasteiger partial charge on any atom is -1.00 e. The van der Waals surface area contributed by atoms with Crippen LogP contribution in [0.1, 0.15) is 17.2 Å². The minimum absolute atomic E-state index is 0. The number of aromatic nitrogens is 1. The molecule has 6 rings (SSSR count). The summed E-state index contributed by atoms with van der Waals surface area (Å²) in [4.78, 5) is 0. The molecule has 2 aliphatic carbocycles. The fourth-order valence-corrected chi connectivity index (χ4v) is 4.29. The van der Waals surface area contributed by atoms with E-state index in [1.54, 1.807) is 0 Å². The fraction of sp³-hybridized carbons (Fsp3) is 0.250. The van der Waals surface area contributed by atoms with Crippen LogP contribution in [-0.2, 0) is 16.5 Å². The molecule has 4 aliphatic rings. The van der Waals surface area contributed by atoms with Crippen molar-refractivity contribution in [2.45, 2.75) is 5.92 Å². The van der Waals surface area contributed by atoms with Gasteiger partial charge < -0.3 is 31.4 Å². The molecule has 1 saturated heterocycles. The number of ether oxygens (including phenoxy) is 4. The summed E-state index contributed by atoms with van der Waals surface area (Å²) in [5, 5.41) is 2.27. The van der Waals surface area contributed by atoms with E-state index in [2.05, 4.69) is 48.2 Å². The zero-order chi connectivity index (χ0) is 16.5. The minimum atomic E-state index is 0. The third-order valence-corrected chi connectivity index (χ3v) is 5.41. The number of nitrogens with zero attached hydrogens (tertiary/aromatic N) is 1. The molecule has 0 N–H and O–H groups in total. The standard InChI is InChI=1S/C20H16NO4.ClH/c1-21-8-15-12(4-5-16-20(15)25-10-22-16)13-3-2-11-6-17-18(24-9-23-17)7-14(11)19(13)21;/h2-8,11,14H,9-10H2,1H3;1H/q+1;/p-1. The summed E-state index contributed by atoms with van der Waals surface area (Å²) in [6.45, 7) is 0.591. The molecule has 2 unspecified atom stereocenters. The van der Waals surface area contributed by atoms with Crippen LogP contribution in [0.3, 0.4) is 0 Å². The third kappa shape index (κ3) is 1.95. The zero-order valence-electron chi connectivity index (χ0n) is 14.1. The quantitative estimate of drug-likeness (QED) is 0.609. The van der Waals surface area contributed by atoms with E-state index in [1.807, 2.05) is 6.07 Å². The highest BCUT2D eigenvalue weighted by atomic mass is 35.5. The van der Waals surface area contributed by atoms with Gasteiger partial charge in [-0.3, -0.25) is 0 Å². The van der Waals surface area contributed by atoms with E-state index in [0.717, 1.165) is 28.4 Å². The van der Waals surface area contributed by atoms with E-state index in [9.17, 15) is 0 Å². The lowest BCUT2D eigenvalue weighted by Gasteiger charge is -2.26. The maximum atomic E-state index is 5.70. The normalized spacial score (nSPS) is 23.7. The molecule has 0 bridgehead atoms. The van der Waals surface area contributed by atoms with Crippen LogP contribution in [0.15, 0.2) is 48.1 Å². The van der Waals surface area contributed by atoms with Crippen molar-refractivity contribution in [2.75, 3.05) is 13.6 Å². The fourth-order valence-electron chi connectivity index (χ4n) is 4.29. The Bertz CT molecular complexity index is 1040. The molecule has 0 amide bonds. The van der Waals surface area contributed by atoms with Crippen molar-refractivity contribution in [1.29, 1.82) is 0 Å². The maximum Gasteiger partial charge on any atom is 0.231 e. The number of allylic oxidation sites excluding steroid dienone is 3. The van der Waals surface area contributed by atoms with E-state index in [4.69, 9.17) is 18.9 Å². The molecule has 2 aliphatic heterocycles. The second-order valence-corrected chi connectivity index (χ2v) is 6.73. The van der Waals surface area contributed by atoms with E-state index >= 15 is 0 Å². The van der Waals surface area contributed by atoms with Gasteiger partial charge >= 0.3 is 0 Å². The molecule has 1 aromatic heterocycles. The van der Waals surface area contributed by atoms with Crippen molar-refractivity contribution in [2.24, 2.45) is 13.0 Å². The molecule has 6 heteroatoms. The molecular weight excluding hydrogens is 354 g/mol. The van der Waals surface area contributed by atoms with E-state index in [1.165, 1.54) is 16.6 Å². The van der Waals surface area contributed by atoms with E-state index in [-0.39, 0.29) is 31.0 Å². The summed E-state index contributed by atoms with van der Waals surface area (Å²) in [5.74, 6) is 3.89. The molecule has 132 valence electrons. The number of aryl methyl sites for hydroxylation is 1. The average molecular weight is 370 g/mol. The van der Waals surface area contributed by atoms with Crippen LogP contribution in [-0.4, -0.2) is 13.6 Å². The number of hydrogen-bond donors (Lipinski definition) is 0. The van der Waals surface area contributed by atoms with E-state index in [0.29, 0.717) is 6.79 Å². The summed E-state index contributed by atoms with van der Waals surface area (Å²) in [5.41, 5.74) is 2.50. The lowest BCUT2D eigenvalue weighted by molar-refractivity contribution is -0.679. The van der Waals surface area contributed by atoms with Crippen LogP contribution in [0.5, 0.6) is 11.5 Å². The average Bonchev–Trinajstić information content (AvgIpc) is 3.28. The summed E-state index contributed by atoms with van der Waals surface area (Å²) in [6, 6.07) is 4.12. The van der Waals surface area contributed by atoms with Crippen molar-refractivity contribution in [3.8, 4) is 11.5 Å². The van der Waals surface area contributed by atoms with E-state index < -0.39 is 0 Å². The molecule has 0 saturated carbocycles. The smallest absolute Gasteiger partial charge is 0.231 e. The molecule has 3 heterocycles. The van der Waals surface area contributed by atoms with Crippen LogP contribution < -0.4 is 26.4 Å². The van der Waals surface area contributed by atoms with Crippen LogP contribution in [0.4, 0.5) is 0 Å². The molecule has 0 radical (unpaired) electrons. The van der Waals surface area contributed by atoms with Crippen molar-refractivity contribution < 1.29 is 35.9 Å². The monoisotopic (exact) mass is 369 g/mol. The number of fused-ring (bicyclic) bond motifs is 8. The summed E-state index contributed by atoms with van der Waals surface area (Å²) >= 11 is 0. The third-order valence-electron chi connectivity index (χ3n) is 5.41. The van der Waals surface area contributed by atoms with Gasteiger partial charge in [0.15, 0.2) is 34.9 Å². The van der Waals surface area contributed by atoms with Gasteiger partial charge in [-0.05, 0) is 24.3 Å². The SMILES string of the molecule is C[n+]1cc2c3c(ccc2c2c1C1C=C4OCOC4=CC1C=C2)OCO3.[Cl-]. The number of pyridine rings is 1. The Labute approximate surface area is 156 Å². The van der Waals surface area contributed by atoms with Crippen LogP contribution in [0.25, 0.3) is 16.8 Å². The van der Waals surface area contributed by atoms with Gasteiger partial charge in [-0.15, -0.1) is 0 Å². The van der Waals surface area contributed by atoms with Crippen molar-refractivity contribution >= 4 is 16.8 Å². The number of rotatable bonds is 0. The van der Waals surface area contributed by atoms with Crippen molar-refractivity contribution in [1.82, 2.24) is 0 Å². The number of hydrogen-bond acceptors (Lipinski definition) is 4. The molecule has 26 heavy (non-hydrogen) atoms. The van der Waals surface area contributed by atoms with Crippen LogP contribution in [0, 0.1) is 5.92 Å². The Balaban J connectivity index is 0.00000150. The van der Waals surface area contributed by atoms with Gasteiger partial charge in [0.05, 0.1) is 16.9 Å². The molecule has 5 nitrogen and oxygen atoms in total.